The van der Waals surface area contributed by atoms with Crippen LogP contribution in [0.1, 0.15) is 48.4 Å². The minimum atomic E-state index is -4.33. The molecule has 3 atom stereocenters. The summed E-state index contributed by atoms with van der Waals surface area (Å²) in [5.41, 5.74) is 2.33. The highest BCUT2D eigenvalue weighted by Gasteiger charge is 2.51. The quantitative estimate of drug-likeness (QED) is 0.711. The second kappa shape index (κ2) is 7.52. The van der Waals surface area contributed by atoms with Crippen molar-refractivity contribution in [2.75, 3.05) is 13.1 Å². The normalized spacial score (nSPS) is 28.4. The van der Waals surface area contributed by atoms with E-state index in [9.17, 15) is 18.3 Å². The molecule has 2 aliphatic carbocycles. The molecule has 166 valence electrons. The lowest BCUT2D eigenvalue weighted by atomic mass is 9.61. The fourth-order valence-corrected chi connectivity index (χ4v) is 5.69. The van der Waals surface area contributed by atoms with Gasteiger partial charge < -0.3 is 10.4 Å². The number of piperidine rings is 1. The number of likely N-dealkylation sites (tertiary alicyclic amines) is 1. The van der Waals surface area contributed by atoms with Gasteiger partial charge in [-0.15, -0.1) is 0 Å². The highest BCUT2D eigenvalue weighted by molar-refractivity contribution is 5.45. The van der Waals surface area contributed by atoms with E-state index < -0.39 is 11.7 Å². The van der Waals surface area contributed by atoms with Crippen molar-refractivity contribution in [3.8, 4) is 5.75 Å². The summed E-state index contributed by atoms with van der Waals surface area (Å²) >= 11 is 0. The van der Waals surface area contributed by atoms with Crippen molar-refractivity contribution >= 4 is 0 Å². The van der Waals surface area contributed by atoms with Crippen LogP contribution in [-0.2, 0) is 24.6 Å². The van der Waals surface area contributed by atoms with Crippen LogP contribution in [0.3, 0.4) is 0 Å². The molecule has 2 bridgehead atoms. The van der Waals surface area contributed by atoms with Crippen LogP contribution in [0.2, 0.25) is 0 Å². The Morgan fingerprint density at radius 3 is 2.71 bits per heavy atom. The zero-order chi connectivity index (χ0) is 21.8. The summed E-state index contributed by atoms with van der Waals surface area (Å²) in [5.74, 6) is 1.06. The predicted molar refractivity (Wildman–Crippen MR) is 114 cm³/mol. The highest BCUT2D eigenvalue weighted by Crippen LogP contribution is 2.47. The average Bonchev–Trinajstić information content (AvgIpc) is 3.54. The zero-order valence-electron chi connectivity index (χ0n) is 17.8. The first kappa shape index (κ1) is 20.8. The second-order valence-corrected chi connectivity index (χ2v) is 9.78. The van der Waals surface area contributed by atoms with Crippen molar-refractivity contribution in [2.45, 2.75) is 62.8 Å². The van der Waals surface area contributed by atoms with Gasteiger partial charge in [0.15, 0.2) is 0 Å². The van der Waals surface area contributed by atoms with Crippen molar-refractivity contribution in [1.82, 2.24) is 10.2 Å². The summed E-state index contributed by atoms with van der Waals surface area (Å²) in [4.78, 5) is 2.60. The lowest BCUT2D eigenvalue weighted by molar-refractivity contribution is -0.137. The molecule has 2 aromatic carbocycles. The molecule has 0 spiro atoms. The molecule has 2 fully saturated rings. The third kappa shape index (κ3) is 3.96. The number of phenols is 1. The number of fused-ring (bicyclic) bond motifs is 4. The van der Waals surface area contributed by atoms with Gasteiger partial charge in [-0.05, 0) is 73.0 Å². The standard InChI is InChI=1S/C25H29F3N2O/c1-24-9-10-30(15-16-5-6-16)22(12-18-7-8-20(31)13-21(18)24)23(24)29-14-17-3-2-4-19(11-17)25(26,27)28/h2-4,7-8,11,13,16,22-23,29,31H,5-6,9-10,12,14-15H2,1H3/t22-,23-,24-/m1/s1. The number of benzene rings is 2. The molecule has 6 heteroatoms. The second-order valence-electron chi connectivity index (χ2n) is 9.78. The summed E-state index contributed by atoms with van der Waals surface area (Å²) < 4.78 is 39.4. The molecular weight excluding hydrogens is 401 g/mol. The monoisotopic (exact) mass is 430 g/mol. The van der Waals surface area contributed by atoms with Gasteiger partial charge in [0.2, 0.25) is 0 Å². The van der Waals surface area contributed by atoms with Crippen molar-refractivity contribution in [3.05, 3.63) is 64.7 Å². The third-order valence-corrected chi connectivity index (χ3v) is 7.57. The fraction of sp³-hybridized carbons (Fsp3) is 0.520. The Morgan fingerprint density at radius 1 is 1.16 bits per heavy atom. The molecule has 2 N–H and O–H groups in total. The zero-order valence-corrected chi connectivity index (χ0v) is 17.8. The maximum absolute atomic E-state index is 13.1. The van der Waals surface area contributed by atoms with Gasteiger partial charge in [0, 0.05) is 30.6 Å². The Hall–Kier alpha value is -2.05. The molecule has 1 saturated carbocycles. The molecule has 1 aliphatic heterocycles. The fourth-order valence-electron chi connectivity index (χ4n) is 5.69. The van der Waals surface area contributed by atoms with Gasteiger partial charge in [0.25, 0.3) is 0 Å². The Balaban J connectivity index is 1.44. The minimum absolute atomic E-state index is 0.115. The van der Waals surface area contributed by atoms with Crippen LogP contribution in [-0.4, -0.2) is 35.2 Å². The smallest absolute Gasteiger partial charge is 0.416 e. The molecule has 1 saturated heterocycles. The van der Waals surface area contributed by atoms with E-state index in [1.54, 1.807) is 12.1 Å². The summed E-state index contributed by atoms with van der Waals surface area (Å²) in [6.07, 6.45) is 0.131. The van der Waals surface area contributed by atoms with Crippen LogP contribution >= 0.6 is 0 Å². The summed E-state index contributed by atoms with van der Waals surface area (Å²) in [6, 6.07) is 11.7. The van der Waals surface area contributed by atoms with Gasteiger partial charge in [-0.1, -0.05) is 31.2 Å². The van der Waals surface area contributed by atoms with E-state index in [0.717, 1.165) is 37.9 Å². The number of phenolic OH excluding ortho intramolecular Hbond substituents is 1. The van der Waals surface area contributed by atoms with E-state index in [1.807, 2.05) is 12.1 Å². The number of halogens is 3. The Kier molecular flexibility index (Phi) is 5.05. The molecule has 2 aromatic rings. The topological polar surface area (TPSA) is 35.5 Å². The van der Waals surface area contributed by atoms with Crippen molar-refractivity contribution < 1.29 is 18.3 Å². The van der Waals surface area contributed by atoms with Crippen LogP contribution in [0.5, 0.6) is 5.75 Å². The van der Waals surface area contributed by atoms with Crippen molar-refractivity contribution in [2.24, 2.45) is 5.92 Å². The molecule has 3 aliphatic rings. The van der Waals surface area contributed by atoms with E-state index in [-0.39, 0.29) is 17.2 Å². The van der Waals surface area contributed by atoms with Crippen molar-refractivity contribution in [1.29, 1.82) is 0 Å². The van der Waals surface area contributed by atoms with Gasteiger partial charge >= 0.3 is 6.18 Å². The average molecular weight is 431 g/mol. The highest BCUT2D eigenvalue weighted by atomic mass is 19.4. The maximum Gasteiger partial charge on any atom is 0.416 e. The first-order valence-corrected chi connectivity index (χ1v) is 11.2. The number of aromatic hydroxyl groups is 1. The van der Waals surface area contributed by atoms with Gasteiger partial charge in [-0.2, -0.15) is 13.2 Å². The Morgan fingerprint density at radius 2 is 1.97 bits per heavy atom. The lowest BCUT2D eigenvalue weighted by Gasteiger charge is -2.56. The number of nitrogens with one attached hydrogen (secondary N) is 1. The van der Waals surface area contributed by atoms with Crippen LogP contribution in [0.25, 0.3) is 0 Å². The van der Waals surface area contributed by atoms with Crippen LogP contribution in [0, 0.1) is 5.92 Å². The Labute approximate surface area is 181 Å². The van der Waals surface area contributed by atoms with E-state index >= 15 is 0 Å². The molecule has 1 heterocycles. The first-order valence-electron chi connectivity index (χ1n) is 11.2. The summed E-state index contributed by atoms with van der Waals surface area (Å²) in [5, 5.41) is 13.8. The number of rotatable bonds is 5. The molecule has 5 rings (SSSR count). The van der Waals surface area contributed by atoms with Gasteiger partial charge in [-0.3, -0.25) is 4.90 Å². The van der Waals surface area contributed by atoms with E-state index in [0.29, 0.717) is 18.2 Å². The molecule has 0 aromatic heterocycles. The van der Waals surface area contributed by atoms with Gasteiger partial charge in [-0.25, -0.2) is 0 Å². The molecule has 31 heavy (non-hydrogen) atoms. The first-order chi connectivity index (χ1) is 14.7. The Bertz CT molecular complexity index is 971. The largest absolute Gasteiger partial charge is 0.508 e. The number of hydrogen-bond donors (Lipinski definition) is 2. The van der Waals surface area contributed by atoms with Crippen LogP contribution in [0.15, 0.2) is 42.5 Å². The number of nitrogens with zero attached hydrogens (tertiary/aromatic N) is 1. The summed E-state index contributed by atoms with van der Waals surface area (Å²) in [6.45, 7) is 4.77. The van der Waals surface area contributed by atoms with Crippen LogP contribution in [0.4, 0.5) is 13.2 Å². The van der Waals surface area contributed by atoms with E-state index in [4.69, 9.17) is 0 Å². The van der Waals surface area contributed by atoms with Gasteiger partial charge in [0.1, 0.15) is 5.75 Å². The van der Waals surface area contributed by atoms with Gasteiger partial charge in [0.05, 0.1) is 5.56 Å². The third-order valence-electron chi connectivity index (χ3n) is 7.57. The lowest BCUT2D eigenvalue weighted by Crippen LogP contribution is -2.67. The maximum atomic E-state index is 13.1. The minimum Gasteiger partial charge on any atom is -0.508 e. The van der Waals surface area contributed by atoms with Crippen molar-refractivity contribution in [3.63, 3.8) is 0 Å². The molecular formula is C25H29F3N2O. The molecule has 3 nitrogen and oxygen atoms in total. The predicted octanol–water partition coefficient (Wildman–Crippen LogP) is 4.87. The summed E-state index contributed by atoms with van der Waals surface area (Å²) in [7, 11) is 0. The number of hydrogen-bond acceptors (Lipinski definition) is 3. The van der Waals surface area contributed by atoms with Crippen LogP contribution < -0.4 is 5.32 Å². The SMILES string of the molecule is C[C@@]12CCN(CC3CC3)[C@H](Cc3ccc(O)cc31)[C@H]2NCc1cccc(C(F)(F)F)c1. The number of alkyl halides is 3. The van der Waals surface area contributed by atoms with E-state index in [1.165, 1.54) is 36.1 Å². The molecule has 0 radical (unpaired) electrons. The molecule has 0 unspecified atom stereocenters. The molecule has 0 amide bonds. The van der Waals surface area contributed by atoms with E-state index in [2.05, 4.69) is 17.1 Å².